The van der Waals surface area contributed by atoms with Crippen molar-refractivity contribution in [1.29, 1.82) is 0 Å². The van der Waals surface area contributed by atoms with E-state index in [-0.39, 0.29) is 0 Å². The molecule has 0 bridgehead atoms. The van der Waals surface area contributed by atoms with Crippen molar-refractivity contribution in [2.45, 2.75) is 26.3 Å². The van der Waals surface area contributed by atoms with Crippen LogP contribution in [0.2, 0.25) is 0 Å². The standard InChI is InChI=1S/C20H21N5O2.2CH5N/c1-20(2,3)25-19(23-17-6-4-5-15(11-26)22-17)16(12-27)18(24-25)13-7-9-14(21)10-8-13;2*1-2/h4-12H,21H2,1-3H3,(H,22,23);2*2H2,1H3. The number of carbonyl (C=O) groups excluding carboxylic acids is 2. The van der Waals surface area contributed by atoms with E-state index in [0.29, 0.717) is 40.6 Å². The second-order valence-corrected chi connectivity index (χ2v) is 7.12. The van der Waals surface area contributed by atoms with Gasteiger partial charge in [0.15, 0.2) is 12.6 Å². The van der Waals surface area contributed by atoms with Crippen molar-refractivity contribution in [2.75, 3.05) is 25.1 Å². The van der Waals surface area contributed by atoms with E-state index >= 15 is 0 Å². The second-order valence-electron chi connectivity index (χ2n) is 7.12. The Kier molecular flexibility index (Phi) is 9.52. The molecular weight excluding hydrogens is 394 g/mol. The number of aldehydes is 2. The van der Waals surface area contributed by atoms with E-state index < -0.39 is 5.54 Å². The Balaban J connectivity index is 0.00000113. The van der Waals surface area contributed by atoms with Gasteiger partial charge in [-0.3, -0.25) is 9.59 Å². The minimum Gasteiger partial charge on any atom is -0.399 e. The quantitative estimate of drug-likeness (QED) is 0.359. The average Bonchev–Trinajstić information content (AvgIpc) is 3.16. The van der Waals surface area contributed by atoms with Crippen LogP contribution in [0.15, 0.2) is 42.5 Å². The zero-order valence-electron chi connectivity index (χ0n) is 18.6. The van der Waals surface area contributed by atoms with Crippen LogP contribution in [0.4, 0.5) is 17.3 Å². The Morgan fingerprint density at radius 1 is 0.935 bits per heavy atom. The number of nitrogens with zero attached hydrogens (tertiary/aromatic N) is 3. The van der Waals surface area contributed by atoms with Gasteiger partial charge in [-0.15, -0.1) is 0 Å². The molecule has 2 aromatic heterocycles. The number of aromatic nitrogens is 3. The summed E-state index contributed by atoms with van der Waals surface area (Å²) in [6, 6.07) is 12.2. The largest absolute Gasteiger partial charge is 0.399 e. The molecule has 3 aromatic rings. The van der Waals surface area contributed by atoms with E-state index in [1.54, 1.807) is 35.0 Å². The first kappa shape index (κ1) is 25.5. The van der Waals surface area contributed by atoms with Crippen molar-refractivity contribution in [3.8, 4) is 11.3 Å². The zero-order valence-corrected chi connectivity index (χ0v) is 18.6. The number of hydrogen-bond donors (Lipinski definition) is 4. The highest BCUT2D eigenvalue weighted by molar-refractivity contribution is 5.93. The minimum absolute atomic E-state index is 0.299. The number of benzene rings is 1. The summed E-state index contributed by atoms with van der Waals surface area (Å²) >= 11 is 0. The molecule has 0 aliphatic heterocycles. The molecule has 0 aliphatic rings. The van der Waals surface area contributed by atoms with Gasteiger partial charge < -0.3 is 22.5 Å². The molecule has 0 spiro atoms. The third-order valence-electron chi connectivity index (χ3n) is 4.00. The zero-order chi connectivity index (χ0) is 23.6. The molecule has 0 saturated heterocycles. The van der Waals surface area contributed by atoms with Gasteiger partial charge in [-0.1, -0.05) is 18.2 Å². The van der Waals surface area contributed by atoms with Crippen LogP contribution in [0.5, 0.6) is 0 Å². The fourth-order valence-electron chi connectivity index (χ4n) is 2.71. The topological polar surface area (TPSA) is 155 Å². The lowest BCUT2D eigenvalue weighted by Gasteiger charge is -2.22. The molecule has 2 heterocycles. The van der Waals surface area contributed by atoms with Crippen LogP contribution in [0.25, 0.3) is 11.3 Å². The van der Waals surface area contributed by atoms with Crippen molar-refractivity contribution in [3.05, 3.63) is 53.7 Å². The van der Waals surface area contributed by atoms with E-state index in [0.717, 1.165) is 11.8 Å². The Labute approximate surface area is 182 Å². The van der Waals surface area contributed by atoms with Crippen molar-refractivity contribution in [2.24, 2.45) is 11.5 Å². The summed E-state index contributed by atoms with van der Waals surface area (Å²) in [6.45, 7) is 5.96. The number of nitrogen functional groups attached to an aromatic ring is 1. The normalized spacial score (nSPS) is 10.2. The van der Waals surface area contributed by atoms with E-state index in [1.807, 2.05) is 32.9 Å². The number of nitrogens with one attached hydrogen (secondary N) is 1. The lowest BCUT2D eigenvalue weighted by Crippen LogP contribution is -2.25. The molecule has 0 amide bonds. The molecule has 3 rings (SSSR count). The molecule has 0 radical (unpaired) electrons. The fourth-order valence-corrected chi connectivity index (χ4v) is 2.71. The SMILES string of the molecule is CC(C)(C)n1nc(-c2ccc(N)cc2)c(C=O)c1Nc1cccc(C=O)n1.CN.CN. The molecule has 7 N–H and O–H groups in total. The first-order chi connectivity index (χ1) is 14.8. The Bertz CT molecular complexity index is 990. The van der Waals surface area contributed by atoms with E-state index in [4.69, 9.17) is 5.73 Å². The third-order valence-corrected chi connectivity index (χ3v) is 4.00. The molecule has 9 heteroatoms. The maximum absolute atomic E-state index is 11.9. The second kappa shape index (κ2) is 11.6. The average molecular weight is 426 g/mol. The van der Waals surface area contributed by atoms with Crippen molar-refractivity contribution < 1.29 is 9.59 Å². The van der Waals surface area contributed by atoms with Gasteiger partial charge in [0.25, 0.3) is 0 Å². The molecule has 9 nitrogen and oxygen atoms in total. The lowest BCUT2D eigenvalue weighted by molar-refractivity contribution is 0.111. The van der Waals surface area contributed by atoms with Gasteiger partial charge in [0.2, 0.25) is 0 Å². The van der Waals surface area contributed by atoms with Crippen LogP contribution in [0.3, 0.4) is 0 Å². The van der Waals surface area contributed by atoms with Gasteiger partial charge in [0.1, 0.15) is 23.0 Å². The van der Waals surface area contributed by atoms with Crippen LogP contribution in [0.1, 0.15) is 41.6 Å². The summed E-state index contributed by atoms with van der Waals surface area (Å²) in [6.07, 6.45) is 1.44. The van der Waals surface area contributed by atoms with Gasteiger partial charge in [-0.2, -0.15) is 5.10 Å². The predicted octanol–water partition coefficient (Wildman–Crippen LogP) is 2.80. The Morgan fingerprint density at radius 2 is 1.55 bits per heavy atom. The van der Waals surface area contributed by atoms with Gasteiger partial charge in [-0.25, -0.2) is 9.67 Å². The minimum atomic E-state index is -0.394. The van der Waals surface area contributed by atoms with Crippen LogP contribution in [-0.2, 0) is 5.54 Å². The van der Waals surface area contributed by atoms with Crippen LogP contribution >= 0.6 is 0 Å². The molecule has 0 fully saturated rings. The van der Waals surface area contributed by atoms with Crippen LogP contribution in [-0.4, -0.2) is 41.4 Å². The Hall–Kier alpha value is -3.56. The van der Waals surface area contributed by atoms with Gasteiger partial charge >= 0.3 is 0 Å². The molecular formula is C22H31N7O2. The Morgan fingerprint density at radius 3 is 2.06 bits per heavy atom. The van der Waals surface area contributed by atoms with E-state index in [2.05, 4.69) is 26.9 Å². The number of pyridine rings is 1. The number of carbonyl (C=O) groups is 2. The highest BCUT2D eigenvalue weighted by Gasteiger charge is 2.26. The smallest absolute Gasteiger partial charge is 0.168 e. The van der Waals surface area contributed by atoms with Gasteiger partial charge in [0.05, 0.1) is 11.1 Å². The molecule has 1 aromatic carbocycles. The van der Waals surface area contributed by atoms with Crippen molar-refractivity contribution in [3.63, 3.8) is 0 Å². The predicted molar refractivity (Wildman–Crippen MR) is 126 cm³/mol. The molecule has 0 saturated carbocycles. The summed E-state index contributed by atoms with van der Waals surface area (Å²) < 4.78 is 1.75. The first-order valence-corrected chi connectivity index (χ1v) is 9.63. The first-order valence-electron chi connectivity index (χ1n) is 9.63. The van der Waals surface area contributed by atoms with E-state index in [1.165, 1.54) is 14.1 Å². The van der Waals surface area contributed by atoms with Crippen LogP contribution in [0, 0.1) is 0 Å². The van der Waals surface area contributed by atoms with Crippen LogP contribution < -0.4 is 22.5 Å². The van der Waals surface area contributed by atoms with Gasteiger partial charge in [0, 0.05) is 11.3 Å². The summed E-state index contributed by atoms with van der Waals surface area (Å²) in [5, 5.41) is 7.83. The molecule has 0 unspecified atom stereocenters. The van der Waals surface area contributed by atoms with Crippen molar-refractivity contribution in [1.82, 2.24) is 14.8 Å². The van der Waals surface area contributed by atoms with E-state index in [9.17, 15) is 9.59 Å². The highest BCUT2D eigenvalue weighted by Crippen LogP contribution is 2.33. The number of anilines is 3. The molecule has 0 aliphatic carbocycles. The maximum Gasteiger partial charge on any atom is 0.168 e. The summed E-state index contributed by atoms with van der Waals surface area (Å²) in [7, 11) is 3.00. The molecule has 31 heavy (non-hydrogen) atoms. The number of rotatable bonds is 5. The lowest BCUT2D eigenvalue weighted by atomic mass is 10.1. The highest BCUT2D eigenvalue weighted by atomic mass is 16.1. The summed E-state index contributed by atoms with van der Waals surface area (Å²) in [5.41, 5.74) is 17.0. The van der Waals surface area contributed by atoms with Gasteiger partial charge in [-0.05, 0) is 59.1 Å². The van der Waals surface area contributed by atoms with Crippen molar-refractivity contribution >= 4 is 29.9 Å². The third kappa shape index (κ3) is 6.21. The maximum atomic E-state index is 11.9. The number of nitrogens with two attached hydrogens (primary N) is 3. The monoisotopic (exact) mass is 425 g/mol. The summed E-state index contributed by atoms with van der Waals surface area (Å²) in [4.78, 5) is 27.2. The molecule has 0 atom stereocenters. The number of hydrogen-bond acceptors (Lipinski definition) is 8. The summed E-state index contributed by atoms with van der Waals surface area (Å²) in [5.74, 6) is 0.969. The molecule has 166 valence electrons. The fraction of sp³-hybridized carbons (Fsp3) is 0.273.